The van der Waals surface area contributed by atoms with Crippen LogP contribution >= 0.6 is 0 Å². The quantitative estimate of drug-likeness (QED) is 0.900. The number of benzene rings is 2. The van der Waals surface area contributed by atoms with Crippen molar-refractivity contribution in [3.63, 3.8) is 0 Å². The van der Waals surface area contributed by atoms with Crippen LogP contribution in [0.4, 0.5) is 4.39 Å². The van der Waals surface area contributed by atoms with Crippen molar-refractivity contribution in [1.29, 1.82) is 0 Å². The number of carbonyl (C=O) groups is 1. The molecule has 21 heavy (non-hydrogen) atoms. The molecule has 3 N–H and O–H groups in total. The summed E-state index contributed by atoms with van der Waals surface area (Å²) in [4.78, 5) is 16.7. The molecule has 0 aromatic heterocycles. The second-order valence-corrected chi connectivity index (χ2v) is 4.95. The smallest absolute Gasteiger partial charge is 0.259 e. The van der Waals surface area contributed by atoms with Crippen LogP contribution in [0.15, 0.2) is 59.6 Å². The first-order chi connectivity index (χ1) is 10.1. The zero-order chi connectivity index (χ0) is 14.9. The normalized spacial score (nSPS) is 21.0. The molecule has 2 aromatic carbocycles. The van der Waals surface area contributed by atoms with E-state index in [1.54, 1.807) is 30.3 Å². The van der Waals surface area contributed by atoms with E-state index in [1.807, 2.05) is 18.2 Å². The zero-order valence-electron chi connectivity index (χ0n) is 11.2. The summed E-state index contributed by atoms with van der Waals surface area (Å²) in [5, 5.41) is 2.51. The van der Waals surface area contributed by atoms with E-state index >= 15 is 0 Å². The Labute approximate surface area is 121 Å². The van der Waals surface area contributed by atoms with Crippen LogP contribution in [0.1, 0.15) is 11.1 Å². The Kier molecular flexibility index (Phi) is 3.17. The van der Waals surface area contributed by atoms with Crippen molar-refractivity contribution in [3.05, 3.63) is 71.5 Å². The molecule has 1 aliphatic heterocycles. The van der Waals surface area contributed by atoms with Crippen LogP contribution in [-0.2, 0) is 16.8 Å². The zero-order valence-corrected chi connectivity index (χ0v) is 11.2. The van der Waals surface area contributed by atoms with E-state index in [4.69, 9.17) is 5.73 Å². The summed E-state index contributed by atoms with van der Waals surface area (Å²) < 4.78 is 13.9. The minimum absolute atomic E-state index is 0.0557. The summed E-state index contributed by atoms with van der Waals surface area (Å²) in [5.41, 5.74) is 5.55. The lowest BCUT2D eigenvalue weighted by atomic mass is 9.84. The summed E-state index contributed by atoms with van der Waals surface area (Å²) in [6.45, 7) is 0. The number of aliphatic imine (C=N–C) groups is 1. The highest BCUT2D eigenvalue weighted by Crippen LogP contribution is 2.33. The van der Waals surface area contributed by atoms with Crippen LogP contribution in [0.3, 0.4) is 0 Å². The number of carbonyl (C=O) groups excluding carboxylic acids is 1. The Morgan fingerprint density at radius 2 is 1.76 bits per heavy atom. The fraction of sp³-hybridized carbons (Fsp3) is 0.125. The summed E-state index contributed by atoms with van der Waals surface area (Å²) in [6, 6.07) is 15.4. The number of nitrogens with one attached hydrogen (secondary N) is 1. The molecule has 0 fully saturated rings. The number of nitrogens with two attached hydrogens (primary N) is 1. The number of amides is 1. The van der Waals surface area contributed by atoms with Crippen LogP contribution in [0.25, 0.3) is 0 Å². The molecule has 0 saturated heterocycles. The molecule has 2 aromatic rings. The fourth-order valence-electron chi connectivity index (χ4n) is 2.55. The molecule has 3 rings (SSSR count). The summed E-state index contributed by atoms with van der Waals surface area (Å²) in [6.07, 6.45) is 0.121. The third-order valence-corrected chi connectivity index (χ3v) is 3.58. The van der Waals surface area contributed by atoms with Crippen LogP contribution in [0.5, 0.6) is 0 Å². The molecule has 0 bridgehead atoms. The Balaban J connectivity index is 2.11. The number of hydrogen-bond donors (Lipinski definition) is 2. The fourth-order valence-corrected chi connectivity index (χ4v) is 2.55. The molecule has 0 spiro atoms. The Bertz CT molecular complexity index is 714. The summed E-state index contributed by atoms with van der Waals surface area (Å²) >= 11 is 0. The van der Waals surface area contributed by atoms with Crippen LogP contribution in [0.2, 0.25) is 0 Å². The van der Waals surface area contributed by atoms with E-state index < -0.39 is 5.54 Å². The number of hydrogen-bond acceptors (Lipinski definition) is 3. The SMILES string of the molecule is NC1=N[C@@](Cc2ccccc2F)(c2ccccc2)C(=O)N1. The van der Waals surface area contributed by atoms with Gasteiger partial charge in [-0.1, -0.05) is 48.5 Å². The third kappa shape index (κ3) is 2.27. The lowest BCUT2D eigenvalue weighted by Gasteiger charge is -2.24. The van der Waals surface area contributed by atoms with Gasteiger partial charge in [-0.2, -0.15) is 0 Å². The van der Waals surface area contributed by atoms with Gasteiger partial charge in [0.2, 0.25) is 0 Å². The lowest BCUT2D eigenvalue weighted by molar-refractivity contribution is -0.124. The van der Waals surface area contributed by atoms with Crippen LogP contribution in [0, 0.1) is 5.82 Å². The average Bonchev–Trinajstić information content (AvgIpc) is 2.77. The summed E-state index contributed by atoms with van der Waals surface area (Å²) in [7, 11) is 0. The van der Waals surface area contributed by atoms with Gasteiger partial charge < -0.3 is 5.73 Å². The maximum absolute atomic E-state index is 13.9. The molecule has 4 nitrogen and oxygen atoms in total. The van der Waals surface area contributed by atoms with E-state index in [-0.39, 0.29) is 24.1 Å². The third-order valence-electron chi connectivity index (χ3n) is 3.58. The van der Waals surface area contributed by atoms with Gasteiger partial charge in [0.15, 0.2) is 11.5 Å². The van der Waals surface area contributed by atoms with E-state index in [9.17, 15) is 9.18 Å². The minimum Gasteiger partial charge on any atom is -0.370 e. The molecule has 0 aliphatic carbocycles. The van der Waals surface area contributed by atoms with Gasteiger partial charge >= 0.3 is 0 Å². The van der Waals surface area contributed by atoms with Gasteiger partial charge in [-0.05, 0) is 17.2 Å². The van der Waals surface area contributed by atoms with Gasteiger partial charge in [0.1, 0.15) is 5.82 Å². The monoisotopic (exact) mass is 283 g/mol. The average molecular weight is 283 g/mol. The molecule has 106 valence electrons. The van der Waals surface area contributed by atoms with Crippen molar-refractivity contribution >= 4 is 11.9 Å². The number of halogens is 1. The molecular weight excluding hydrogens is 269 g/mol. The van der Waals surface area contributed by atoms with Crippen LogP contribution < -0.4 is 11.1 Å². The maximum atomic E-state index is 13.9. The lowest BCUT2D eigenvalue weighted by Crippen LogP contribution is -2.40. The van der Waals surface area contributed by atoms with Gasteiger partial charge in [0.05, 0.1) is 0 Å². The molecule has 1 atom stereocenters. The molecule has 0 saturated carbocycles. The van der Waals surface area contributed by atoms with E-state index in [0.29, 0.717) is 11.1 Å². The first-order valence-electron chi connectivity index (χ1n) is 6.57. The van der Waals surface area contributed by atoms with E-state index in [1.165, 1.54) is 6.07 Å². The first kappa shape index (κ1) is 13.3. The van der Waals surface area contributed by atoms with Gasteiger partial charge in [0, 0.05) is 6.42 Å². The van der Waals surface area contributed by atoms with Gasteiger partial charge in [-0.15, -0.1) is 0 Å². The molecule has 0 radical (unpaired) electrons. The second-order valence-electron chi connectivity index (χ2n) is 4.95. The van der Waals surface area contributed by atoms with Crippen molar-refractivity contribution in [2.45, 2.75) is 12.0 Å². The van der Waals surface area contributed by atoms with Gasteiger partial charge in [0.25, 0.3) is 5.91 Å². The van der Waals surface area contributed by atoms with Crippen molar-refractivity contribution in [3.8, 4) is 0 Å². The summed E-state index contributed by atoms with van der Waals surface area (Å²) in [5.74, 6) is -0.643. The van der Waals surface area contributed by atoms with E-state index in [2.05, 4.69) is 10.3 Å². The molecule has 1 amide bonds. The molecule has 5 heteroatoms. The molecule has 1 heterocycles. The number of nitrogens with zero attached hydrogens (tertiary/aromatic N) is 1. The highest BCUT2D eigenvalue weighted by Gasteiger charge is 2.45. The number of guanidine groups is 1. The van der Waals surface area contributed by atoms with Crippen LogP contribution in [-0.4, -0.2) is 11.9 Å². The number of rotatable bonds is 3. The maximum Gasteiger partial charge on any atom is 0.259 e. The predicted molar refractivity (Wildman–Crippen MR) is 78.0 cm³/mol. The predicted octanol–water partition coefficient (Wildman–Crippen LogP) is 1.71. The highest BCUT2D eigenvalue weighted by molar-refractivity contribution is 6.07. The van der Waals surface area contributed by atoms with Crippen molar-refractivity contribution in [2.75, 3.05) is 0 Å². The minimum atomic E-state index is -1.21. The Morgan fingerprint density at radius 3 is 2.38 bits per heavy atom. The van der Waals surface area contributed by atoms with Crippen molar-refractivity contribution < 1.29 is 9.18 Å². The van der Waals surface area contributed by atoms with Crippen molar-refractivity contribution in [2.24, 2.45) is 10.7 Å². The Morgan fingerprint density at radius 1 is 1.10 bits per heavy atom. The first-order valence-corrected chi connectivity index (χ1v) is 6.57. The molecule has 1 aliphatic rings. The second kappa shape index (κ2) is 5.01. The van der Waals surface area contributed by atoms with Gasteiger partial charge in [-0.3, -0.25) is 10.1 Å². The van der Waals surface area contributed by atoms with Crippen molar-refractivity contribution in [1.82, 2.24) is 5.32 Å². The van der Waals surface area contributed by atoms with E-state index in [0.717, 1.165) is 0 Å². The Hall–Kier alpha value is -2.69. The van der Waals surface area contributed by atoms with Gasteiger partial charge in [-0.25, -0.2) is 9.38 Å². The molecular formula is C16H14FN3O. The standard InChI is InChI=1S/C16H14FN3O/c17-13-9-5-4-6-11(13)10-16(12-7-2-1-3-8-12)14(21)19-15(18)20-16/h1-9H,10H2,(H3,18,19,20,21)/t16-/m0/s1. The topological polar surface area (TPSA) is 67.5 Å². The highest BCUT2D eigenvalue weighted by atomic mass is 19.1. The largest absolute Gasteiger partial charge is 0.370 e. The molecule has 0 unspecified atom stereocenters.